The first-order valence-corrected chi connectivity index (χ1v) is 5.57. The number of hydrogen-bond acceptors (Lipinski definition) is 3. The number of nitrogens with zero attached hydrogens (tertiary/aromatic N) is 1. The van der Waals surface area contributed by atoms with Crippen molar-refractivity contribution in [3.63, 3.8) is 0 Å². The van der Waals surface area contributed by atoms with Crippen LogP contribution in [0.1, 0.15) is 12.5 Å². The number of rotatable bonds is 3. The molecule has 0 saturated carbocycles. The van der Waals surface area contributed by atoms with Crippen LogP contribution in [0, 0.1) is 6.92 Å². The normalized spacial score (nSPS) is 9.70. The third-order valence-corrected chi connectivity index (χ3v) is 2.45. The number of carbonyl (C=O) groups excluding carboxylic acids is 1. The second-order valence-corrected chi connectivity index (χ2v) is 4.13. The van der Waals surface area contributed by atoms with E-state index in [-0.39, 0.29) is 16.9 Å². The summed E-state index contributed by atoms with van der Waals surface area (Å²) in [6, 6.07) is 4.17. The Morgan fingerprint density at radius 3 is 2.25 bits per heavy atom. The summed E-state index contributed by atoms with van der Waals surface area (Å²) >= 11 is 0. The fourth-order valence-corrected chi connectivity index (χ4v) is 1.60. The van der Waals surface area contributed by atoms with Crippen molar-refractivity contribution in [2.45, 2.75) is 13.8 Å². The molecule has 1 rings (SSSR count). The van der Waals surface area contributed by atoms with Gasteiger partial charge in [-0.25, -0.2) is 14.5 Å². The van der Waals surface area contributed by atoms with Gasteiger partial charge in [0.1, 0.15) is 0 Å². The molecule has 0 bridgehead atoms. The highest BCUT2D eigenvalue weighted by Gasteiger charge is 2.24. The number of hydrogen-bond donors (Lipinski definition) is 3. The van der Waals surface area contributed by atoms with Crippen LogP contribution in [-0.2, 0) is 4.79 Å². The molecule has 3 N–H and O–H groups in total. The molecule has 20 heavy (non-hydrogen) atoms. The predicted octanol–water partition coefficient (Wildman–Crippen LogP) is 2.67. The molecule has 3 amide bonds. The molecule has 0 atom stereocenters. The summed E-state index contributed by atoms with van der Waals surface area (Å²) in [7, 11) is 0. The minimum atomic E-state index is -1.43. The zero-order valence-electron chi connectivity index (χ0n) is 11.0. The summed E-state index contributed by atoms with van der Waals surface area (Å²) in [4.78, 5) is 34.1. The third-order valence-electron chi connectivity index (χ3n) is 2.45. The maximum Gasteiger partial charge on any atom is 0.419 e. The summed E-state index contributed by atoms with van der Waals surface area (Å²) in [5, 5.41) is 19.9. The first kappa shape index (κ1) is 15.2. The van der Waals surface area contributed by atoms with Crippen molar-refractivity contribution in [1.82, 2.24) is 0 Å². The predicted molar refractivity (Wildman–Crippen MR) is 73.2 cm³/mol. The zero-order chi connectivity index (χ0) is 15.4. The van der Waals surface area contributed by atoms with Crippen molar-refractivity contribution in [2.24, 2.45) is 0 Å². The Balaban J connectivity index is 3.22. The molecule has 0 aliphatic heterocycles. The molecule has 106 valence electrons. The number of carboxylic acid groups (broad SMARTS) is 2. The lowest BCUT2D eigenvalue weighted by Gasteiger charge is -2.20. The smallest absolute Gasteiger partial charge is 0.419 e. The Bertz CT molecular complexity index is 594. The molecule has 0 heterocycles. The fourth-order valence-electron chi connectivity index (χ4n) is 1.60. The maximum atomic E-state index is 11.8. The van der Waals surface area contributed by atoms with Crippen LogP contribution in [0.15, 0.2) is 30.4 Å². The van der Waals surface area contributed by atoms with E-state index >= 15 is 0 Å². The van der Waals surface area contributed by atoms with Crippen molar-refractivity contribution in [3.8, 4) is 0 Å². The van der Waals surface area contributed by atoms with Crippen molar-refractivity contribution in [2.75, 3.05) is 10.2 Å². The molecule has 0 aliphatic carbocycles. The molecule has 0 aliphatic rings. The first-order valence-electron chi connectivity index (χ1n) is 5.57. The standard InChI is InChI=1S/C13H14N2O5/c1-7(2)11(16)15(13(19)20)10-5-4-9(6-8(10)3)14-12(17)18/h4-6,14H,1H2,2-3H3,(H,17,18)(H,19,20). The van der Waals surface area contributed by atoms with E-state index in [4.69, 9.17) is 10.2 Å². The van der Waals surface area contributed by atoms with E-state index in [2.05, 4.69) is 11.9 Å². The monoisotopic (exact) mass is 278 g/mol. The summed E-state index contributed by atoms with van der Waals surface area (Å²) in [5.41, 5.74) is 0.959. The Labute approximate surface area is 115 Å². The van der Waals surface area contributed by atoms with Crippen LogP contribution in [0.5, 0.6) is 0 Å². The Kier molecular flexibility index (Phi) is 4.47. The van der Waals surface area contributed by atoms with Gasteiger partial charge in [-0.1, -0.05) is 6.58 Å². The van der Waals surface area contributed by atoms with Crippen molar-refractivity contribution in [1.29, 1.82) is 0 Å². The van der Waals surface area contributed by atoms with Gasteiger partial charge in [-0.05, 0) is 37.6 Å². The van der Waals surface area contributed by atoms with Gasteiger partial charge in [0.2, 0.25) is 0 Å². The number of nitrogens with one attached hydrogen (secondary N) is 1. The molecule has 0 spiro atoms. The topological polar surface area (TPSA) is 107 Å². The van der Waals surface area contributed by atoms with Gasteiger partial charge in [-0.3, -0.25) is 10.1 Å². The van der Waals surface area contributed by atoms with Crippen molar-refractivity contribution in [3.05, 3.63) is 35.9 Å². The number of benzene rings is 1. The van der Waals surface area contributed by atoms with Crippen LogP contribution in [0.2, 0.25) is 0 Å². The molecular weight excluding hydrogens is 264 g/mol. The largest absolute Gasteiger partial charge is 0.465 e. The van der Waals surface area contributed by atoms with Gasteiger partial charge in [-0.15, -0.1) is 0 Å². The minimum absolute atomic E-state index is 0.0829. The van der Waals surface area contributed by atoms with E-state index in [1.165, 1.54) is 25.1 Å². The van der Waals surface area contributed by atoms with E-state index in [9.17, 15) is 14.4 Å². The highest BCUT2D eigenvalue weighted by Crippen LogP contribution is 2.25. The lowest BCUT2D eigenvalue weighted by molar-refractivity contribution is -0.114. The van der Waals surface area contributed by atoms with Gasteiger partial charge in [0, 0.05) is 11.3 Å². The maximum absolute atomic E-state index is 11.8. The summed E-state index contributed by atoms with van der Waals surface area (Å²) < 4.78 is 0. The van der Waals surface area contributed by atoms with Crippen LogP contribution in [0.4, 0.5) is 21.0 Å². The zero-order valence-corrected chi connectivity index (χ0v) is 11.0. The highest BCUT2D eigenvalue weighted by molar-refractivity contribution is 6.18. The third kappa shape index (κ3) is 3.35. The van der Waals surface area contributed by atoms with Gasteiger partial charge in [0.05, 0.1) is 5.69 Å². The molecular formula is C13H14N2O5. The van der Waals surface area contributed by atoms with Gasteiger partial charge >= 0.3 is 12.2 Å². The summed E-state index contributed by atoms with van der Waals surface area (Å²) in [5.74, 6) is -0.737. The molecule has 7 heteroatoms. The molecule has 1 aromatic rings. The lowest BCUT2D eigenvalue weighted by Crippen LogP contribution is -2.36. The second kappa shape index (κ2) is 5.87. The van der Waals surface area contributed by atoms with Crippen LogP contribution in [-0.4, -0.2) is 28.3 Å². The second-order valence-electron chi connectivity index (χ2n) is 4.13. The van der Waals surface area contributed by atoms with E-state index in [0.29, 0.717) is 10.5 Å². The SMILES string of the molecule is C=C(C)C(=O)N(C(=O)O)c1ccc(NC(=O)O)cc1C. The number of anilines is 2. The molecule has 7 nitrogen and oxygen atoms in total. The van der Waals surface area contributed by atoms with Crippen LogP contribution in [0.25, 0.3) is 0 Å². The molecule has 0 aromatic heterocycles. The van der Waals surface area contributed by atoms with Crippen molar-refractivity contribution < 1.29 is 24.6 Å². The average Bonchev–Trinajstić information content (AvgIpc) is 2.30. The van der Waals surface area contributed by atoms with Gasteiger partial charge < -0.3 is 10.2 Å². The highest BCUT2D eigenvalue weighted by atomic mass is 16.4. The van der Waals surface area contributed by atoms with Crippen LogP contribution in [0.3, 0.4) is 0 Å². The summed E-state index contributed by atoms with van der Waals surface area (Å²) in [6.45, 7) is 6.41. The fraction of sp³-hybridized carbons (Fsp3) is 0.154. The summed E-state index contributed by atoms with van der Waals surface area (Å²) in [6.07, 6.45) is -2.66. The molecule has 1 aromatic carbocycles. The number of aryl methyl sites for hydroxylation is 1. The number of carbonyl (C=O) groups is 3. The minimum Gasteiger partial charge on any atom is -0.465 e. The van der Waals surface area contributed by atoms with Crippen LogP contribution >= 0.6 is 0 Å². The number of amides is 3. The molecule has 0 saturated heterocycles. The van der Waals surface area contributed by atoms with Crippen molar-refractivity contribution >= 4 is 29.5 Å². The molecule has 0 radical (unpaired) electrons. The quantitative estimate of drug-likeness (QED) is 0.737. The Hall–Kier alpha value is -2.83. The Morgan fingerprint density at radius 1 is 1.25 bits per heavy atom. The Morgan fingerprint density at radius 2 is 1.85 bits per heavy atom. The van der Waals surface area contributed by atoms with Gasteiger partial charge in [-0.2, -0.15) is 0 Å². The average molecular weight is 278 g/mol. The van der Waals surface area contributed by atoms with Crippen LogP contribution < -0.4 is 10.2 Å². The molecule has 0 fully saturated rings. The first-order chi connectivity index (χ1) is 9.23. The van der Waals surface area contributed by atoms with E-state index in [1.807, 2.05) is 0 Å². The van der Waals surface area contributed by atoms with Gasteiger partial charge in [0.15, 0.2) is 0 Å². The molecule has 0 unspecified atom stereocenters. The lowest BCUT2D eigenvalue weighted by atomic mass is 10.1. The van der Waals surface area contributed by atoms with Gasteiger partial charge in [0.25, 0.3) is 5.91 Å². The number of imide groups is 1. The van der Waals surface area contributed by atoms with E-state index in [1.54, 1.807) is 6.92 Å². The van der Waals surface area contributed by atoms with E-state index < -0.39 is 18.1 Å². The van der Waals surface area contributed by atoms with E-state index in [0.717, 1.165) is 0 Å².